The molecule has 6 heteroatoms. The summed E-state index contributed by atoms with van der Waals surface area (Å²) in [5.74, 6) is 0.126. The van der Waals surface area contributed by atoms with Crippen molar-refractivity contribution in [3.8, 4) is 11.5 Å². The van der Waals surface area contributed by atoms with Crippen LogP contribution in [0.25, 0.3) is 0 Å². The summed E-state index contributed by atoms with van der Waals surface area (Å²) in [6.45, 7) is 0. The number of anilines is 1. The second-order valence-electron chi connectivity index (χ2n) is 3.26. The first-order chi connectivity index (χ1) is 7.56. The largest absolute Gasteiger partial charge is 0.452 e. The highest BCUT2D eigenvalue weighted by molar-refractivity contribution is 6.31. The molecule has 0 aliphatic heterocycles. The Balaban J connectivity index is 2.31. The number of nitrogen functional groups attached to an aromatic ring is 1. The van der Waals surface area contributed by atoms with Crippen molar-refractivity contribution < 1.29 is 9.13 Å². The normalized spacial score (nSPS) is 10.4. The highest BCUT2D eigenvalue weighted by Gasteiger charge is 2.09. The van der Waals surface area contributed by atoms with E-state index in [4.69, 9.17) is 22.1 Å². The molecule has 0 atom stereocenters. The van der Waals surface area contributed by atoms with Gasteiger partial charge in [0.05, 0.1) is 23.1 Å². The van der Waals surface area contributed by atoms with Gasteiger partial charge in [0.1, 0.15) is 5.82 Å². The van der Waals surface area contributed by atoms with E-state index in [-0.39, 0.29) is 16.5 Å². The molecular weight excluding hydrogens is 233 g/mol. The lowest BCUT2D eigenvalue weighted by Gasteiger charge is -2.07. The highest BCUT2D eigenvalue weighted by Crippen LogP contribution is 2.31. The summed E-state index contributed by atoms with van der Waals surface area (Å²) >= 11 is 5.57. The zero-order valence-corrected chi connectivity index (χ0v) is 9.20. The van der Waals surface area contributed by atoms with Crippen LogP contribution in [-0.4, -0.2) is 9.78 Å². The molecule has 0 bridgehead atoms. The molecule has 1 aromatic heterocycles. The van der Waals surface area contributed by atoms with Crippen LogP contribution in [0.4, 0.5) is 10.1 Å². The maximum absolute atomic E-state index is 13.2. The number of nitrogens with zero attached hydrogens (tertiary/aromatic N) is 2. The van der Waals surface area contributed by atoms with Crippen molar-refractivity contribution in [3.05, 3.63) is 35.4 Å². The molecule has 2 rings (SSSR count). The van der Waals surface area contributed by atoms with Gasteiger partial charge < -0.3 is 10.5 Å². The lowest BCUT2D eigenvalue weighted by molar-refractivity contribution is 0.478. The Hall–Kier alpha value is -1.75. The predicted molar refractivity (Wildman–Crippen MR) is 59.1 cm³/mol. The zero-order chi connectivity index (χ0) is 11.7. The molecule has 0 aliphatic rings. The number of benzene rings is 1. The van der Waals surface area contributed by atoms with Crippen LogP contribution in [0, 0.1) is 5.82 Å². The molecule has 4 nitrogen and oxygen atoms in total. The summed E-state index contributed by atoms with van der Waals surface area (Å²) in [6.07, 6.45) is 3.15. The molecule has 0 aliphatic carbocycles. The van der Waals surface area contributed by atoms with E-state index in [1.807, 2.05) is 0 Å². The van der Waals surface area contributed by atoms with Crippen LogP contribution in [0.5, 0.6) is 11.5 Å². The topological polar surface area (TPSA) is 53.1 Å². The van der Waals surface area contributed by atoms with Gasteiger partial charge in [-0.3, -0.25) is 4.68 Å². The summed E-state index contributed by atoms with van der Waals surface area (Å²) in [5.41, 5.74) is 5.91. The van der Waals surface area contributed by atoms with Crippen LogP contribution in [0.15, 0.2) is 24.5 Å². The van der Waals surface area contributed by atoms with Crippen LogP contribution in [0.3, 0.4) is 0 Å². The quantitative estimate of drug-likeness (QED) is 0.823. The zero-order valence-electron chi connectivity index (χ0n) is 8.45. The van der Waals surface area contributed by atoms with Gasteiger partial charge in [-0.1, -0.05) is 11.6 Å². The SMILES string of the molecule is Cn1cc(Oc2cc(F)c(Cl)cc2N)cn1. The van der Waals surface area contributed by atoms with Crippen LogP contribution >= 0.6 is 11.6 Å². The van der Waals surface area contributed by atoms with Crippen molar-refractivity contribution in [2.45, 2.75) is 0 Å². The Kier molecular flexibility index (Phi) is 2.70. The Labute approximate surface area is 96.4 Å². The Morgan fingerprint density at radius 3 is 2.88 bits per heavy atom. The van der Waals surface area contributed by atoms with Gasteiger partial charge in [0.25, 0.3) is 0 Å². The molecule has 16 heavy (non-hydrogen) atoms. The van der Waals surface area contributed by atoms with Gasteiger partial charge in [-0.05, 0) is 6.07 Å². The van der Waals surface area contributed by atoms with Crippen molar-refractivity contribution in [1.82, 2.24) is 9.78 Å². The molecule has 0 saturated carbocycles. The maximum atomic E-state index is 13.2. The Morgan fingerprint density at radius 2 is 2.25 bits per heavy atom. The maximum Gasteiger partial charge on any atom is 0.165 e. The summed E-state index contributed by atoms with van der Waals surface area (Å²) in [7, 11) is 1.75. The average Bonchev–Trinajstić information content (AvgIpc) is 2.60. The van der Waals surface area contributed by atoms with Crippen molar-refractivity contribution in [2.24, 2.45) is 7.05 Å². The third-order valence-corrected chi connectivity index (χ3v) is 2.25. The second kappa shape index (κ2) is 4.02. The lowest BCUT2D eigenvalue weighted by Crippen LogP contribution is -1.93. The Morgan fingerprint density at radius 1 is 1.50 bits per heavy atom. The van der Waals surface area contributed by atoms with E-state index in [0.29, 0.717) is 5.75 Å². The van der Waals surface area contributed by atoms with E-state index in [0.717, 1.165) is 6.07 Å². The van der Waals surface area contributed by atoms with Crippen LogP contribution in [-0.2, 0) is 7.05 Å². The van der Waals surface area contributed by atoms with Crippen molar-refractivity contribution in [1.29, 1.82) is 0 Å². The molecule has 0 amide bonds. The number of nitrogens with two attached hydrogens (primary N) is 1. The summed E-state index contributed by atoms with van der Waals surface area (Å²) in [6, 6.07) is 2.45. The summed E-state index contributed by atoms with van der Waals surface area (Å²) < 4.78 is 20.1. The summed E-state index contributed by atoms with van der Waals surface area (Å²) in [4.78, 5) is 0. The van der Waals surface area contributed by atoms with Gasteiger partial charge in [0.15, 0.2) is 11.5 Å². The molecule has 0 fully saturated rings. The number of ether oxygens (including phenoxy) is 1. The summed E-state index contributed by atoms with van der Waals surface area (Å²) in [5, 5.41) is 3.88. The number of aryl methyl sites for hydroxylation is 1. The molecule has 2 aromatic rings. The van der Waals surface area contributed by atoms with Crippen molar-refractivity contribution >= 4 is 17.3 Å². The average molecular weight is 242 g/mol. The van der Waals surface area contributed by atoms with Gasteiger partial charge in [0, 0.05) is 13.1 Å². The standard InChI is InChI=1S/C10H9ClFN3O/c1-15-5-6(4-14-15)16-10-3-8(12)7(11)2-9(10)13/h2-5H,13H2,1H3. The number of rotatable bonds is 2. The van der Waals surface area contributed by atoms with Crippen LogP contribution in [0.2, 0.25) is 5.02 Å². The minimum atomic E-state index is -0.574. The van der Waals surface area contributed by atoms with E-state index in [1.54, 1.807) is 17.9 Å². The first kappa shape index (κ1) is 10.8. The molecular formula is C10H9ClFN3O. The Bertz CT molecular complexity index is 527. The van der Waals surface area contributed by atoms with Crippen molar-refractivity contribution in [3.63, 3.8) is 0 Å². The number of aromatic nitrogens is 2. The fourth-order valence-electron chi connectivity index (χ4n) is 1.21. The smallest absolute Gasteiger partial charge is 0.165 e. The fourth-order valence-corrected chi connectivity index (χ4v) is 1.38. The van der Waals surface area contributed by atoms with E-state index in [1.165, 1.54) is 12.3 Å². The molecule has 0 unspecified atom stereocenters. The van der Waals surface area contributed by atoms with Crippen molar-refractivity contribution in [2.75, 3.05) is 5.73 Å². The van der Waals surface area contributed by atoms with Gasteiger partial charge in [-0.25, -0.2) is 4.39 Å². The predicted octanol–water partition coefficient (Wildman–Crippen LogP) is 2.59. The first-order valence-electron chi connectivity index (χ1n) is 4.47. The molecule has 2 N–H and O–H groups in total. The van der Waals surface area contributed by atoms with E-state index < -0.39 is 5.82 Å². The monoisotopic (exact) mass is 241 g/mol. The van der Waals surface area contributed by atoms with Crippen LogP contribution < -0.4 is 10.5 Å². The van der Waals surface area contributed by atoms with Gasteiger partial charge in [-0.2, -0.15) is 5.10 Å². The molecule has 1 heterocycles. The molecule has 1 aromatic carbocycles. The third-order valence-electron chi connectivity index (χ3n) is 1.96. The fraction of sp³-hybridized carbons (Fsp3) is 0.100. The third kappa shape index (κ3) is 2.09. The number of hydrogen-bond donors (Lipinski definition) is 1. The number of hydrogen-bond acceptors (Lipinski definition) is 3. The molecule has 84 valence electrons. The van der Waals surface area contributed by atoms with Crippen LogP contribution in [0.1, 0.15) is 0 Å². The lowest BCUT2D eigenvalue weighted by atomic mass is 10.3. The van der Waals surface area contributed by atoms with E-state index in [2.05, 4.69) is 5.10 Å². The van der Waals surface area contributed by atoms with Gasteiger partial charge >= 0.3 is 0 Å². The molecule has 0 radical (unpaired) electrons. The minimum Gasteiger partial charge on any atom is -0.452 e. The van der Waals surface area contributed by atoms with Gasteiger partial charge in [-0.15, -0.1) is 0 Å². The van der Waals surface area contributed by atoms with E-state index >= 15 is 0 Å². The first-order valence-corrected chi connectivity index (χ1v) is 4.85. The second-order valence-corrected chi connectivity index (χ2v) is 3.66. The van der Waals surface area contributed by atoms with E-state index in [9.17, 15) is 4.39 Å². The highest BCUT2D eigenvalue weighted by atomic mass is 35.5. The molecule has 0 saturated heterocycles. The number of halogens is 2. The molecule has 0 spiro atoms. The van der Waals surface area contributed by atoms with Gasteiger partial charge in [0.2, 0.25) is 0 Å². The minimum absolute atomic E-state index is 0.0314.